The summed E-state index contributed by atoms with van der Waals surface area (Å²) >= 11 is 0. The third-order valence-electron chi connectivity index (χ3n) is 2.43. The fraction of sp³-hybridized carbons (Fsp3) is 0.214. The highest BCUT2D eigenvalue weighted by atomic mass is 15.1. The Morgan fingerprint density at radius 1 is 1.00 bits per heavy atom. The van der Waals surface area contributed by atoms with Gasteiger partial charge in [-0.2, -0.15) is 0 Å². The minimum atomic E-state index is 0.854. The van der Waals surface area contributed by atoms with Crippen LogP contribution < -0.4 is 10.6 Å². The summed E-state index contributed by atoms with van der Waals surface area (Å²) in [6.07, 6.45) is 0. The zero-order valence-corrected chi connectivity index (χ0v) is 10.2. The smallest absolute Gasteiger partial charge is 0.132 e. The predicted octanol–water partition coefficient (Wildman–Crippen LogP) is 3.57. The van der Waals surface area contributed by atoms with E-state index in [4.69, 9.17) is 0 Å². The number of hydrogen-bond acceptors (Lipinski definition) is 3. The Hall–Kier alpha value is -2.03. The van der Waals surface area contributed by atoms with Gasteiger partial charge in [0.15, 0.2) is 0 Å². The van der Waals surface area contributed by atoms with E-state index in [1.165, 1.54) is 5.56 Å². The molecule has 0 saturated carbocycles. The number of nitrogens with zero attached hydrogens (tertiary/aromatic N) is 1. The van der Waals surface area contributed by atoms with Gasteiger partial charge in [0.05, 0.1) is 0 Å². The number of aryl methyl sites for hydroxylation is 1. The second-order valence-electron chi connectivity index (χ2n) is 3.93. The Kier molecular flexibility index (Phi) is 3.60. The van der Waals surface area contributed by atoms with Crippen molar-refractivity contribution in [1.29, 1.82) is 0 Å². The highest BCUT2D eigenvalue weighted by Gasteiger charge is 1.97. The molecule has 0 atom stereocenters. The average Bonchev–Trinajstić information content (AvgIpc) is 2.33. The first kappa shape index (κ1) is 11.5. The number of rotatable bonds is 4. The maximum absolute atomic E-state index is 4.46. The molecule has 0 spiro atoms. The lowest BCUT2D eigenvalue weighted by Gasteiger charge is -2.08. The summed E-state index contributed by atoms with van der Waals surface area (Å²) in [5, 5.41) is 6.47. The lowest BCUT2D eigenvalue weighted by atomic mass is 10.2. The van der Waals surface area contributed by atoms with Gasteiger partial charge < -0.3 is 10.6 Å². The summed E-state index contributed by atoms with van der Waals surface area (Å²) < 4.78 is 0. The van der Waals surface area contributed by atoms with Crippen molar-refractivity contribution in [1.82, 2.24) is 4.98 Å². The van der Waals surface area contributed by atoms with Gasteiger partial charge in [0.1, 0.15) is 11.6 Å². The van der Waals surface area contributed by atoms with Crippen molar-refractivity contribution >= 4 is 17.3 Å². The van der Waals surface area contributed by atoms with Crippen LogP contribution in [0.5, 0.6) is 0 Å². The fourth-order valence-corrected chi connectivity index (χ4v) is 1.57. The molecule has 0 amide bonds. The van der Waals surface area contributed by atoms with Crippen molar-refractivity contribution in [2.75, 3.05) is 17.2 Å². The van der Waals surface area contributed by atoms with Crippen LogP contribution in [0.1, 0.15) is 12.5 Å². The second kappa shape index (κ2) is 5.34. The van der Waals surface area contributed by atoms with Gasteiger partial charge in [0.2, 0.25) is 0 Å². The van der Waals surface area contributed by atoms with E-state index in [1.54, 1.807) is 0 Å². The Balaban J connectivity index is 2.12. The zero-order valence-electron chi connectivity index (χ0n) is 10.2. The van der Waals surface area contributed by atoms with Crippen LogP contribution in [0, 0.1) is 6.92 Å². The third kappa shape index (κ3) is 3.21. The van der Waals surface area contributed by atoms with Gasteiger partial charge in [0.25, 0.3) is 0 Å². The minimum Gasteiger partial charge on any atom is -0.370 e. The molecular formula is C14H17N3. The molecule has 1 heterocycles. The summed E-state index contributed by atoms with van der Waals surface area (Å²) in [6.45, 7) is 5.01. The summed E-state index contributed by atoms with van der Waals surface area (Å²) in [6, 6.07) is 14.2. The van der Waals surface area contributed by atoms with Crippen LogP contribution in [0.25, 0.3) is 0 Å². The maximum Gasteiger partial charge on any atom is 0.132 e. The molecule has 0 aliphatic carbocycles. The van der Waals surface area contributed by atoms with E-state index in [-0.39, 0.29) is 0 Å². The first-order valence-electron chi connectivity index (χ1n) is 5.82. The minimum absolute atomic E-state index is 0.854. The van der Waals surface area contributed by atoms with E-state index in [1.807, 2.05) is 18.2 Å². The van der Waals surface area contributed by atoms with E-state index in [0.717, 1.165) is 23.9 Å². The van der Waals surface area contributed by atoms with Gasteiger partial charge >= 0.3 is 0 Å². The van der Waals surface area contributed by atoms with E-state index in [0.29, 0.717) is 0 Å². The standard InChI is InChI=1S/C14H17N3/c1-3-15-13-5-4-6-14(17-13)16-12-9-7-11(2)8-10-12/h4-10H,3H2,1-2H3,(H2,15,16,17). The van der Waals surface area contributed by atoms with Crippen molar-refractivity contribution in [3.8, 4) is 0 Å². The molecule has 2 aromatic rings. The lowest BCUT2D eigenvalue weighted by molar-refractivity contribution is 1.16. The number of pyridine rings is 1. The number of nitrogens with one attached hydrogen (secondary N) is 2. The van der Waals surface area contributed by atoms with Crippen LogP contribution in [0.15, 0.2) is 42.5 Å². The molecule has 0 radical (unpaired) electrons. The summed E-state index contributed by atoms with van der Waals surface area (Å²) in [7, 11) is 0. The molecular weight excluding hydrogens is 210 g/mol. The quantitative estimate of drug-likeness (QED) is 0.838. The van der Waals surface area contributed by atoms with Gasteiger partial charge in [0, 0.05) is 12.2 Å². The van der Waals surface area contributed by atoms with Gasteiger partial charge in [-0.15, -0.1) is 0 Å². The molecule has 3 nitrogen and oxygen atoms in total. The number of benzene rings is 1. The molecule has 0 aliphatic heterocycles. The lowest BCUT2D eigenvalue weighted by Crippen LogP contribution is -2.01. The van der Waals surface area contributed by atoms with Gasteiger partial charge in [-0.1, -0.05) is 23.8 Å². The van der Waals surface area contributed by atoms with Crippen molar-refractivity contribution in [3.05, 3.63) is 48.0 Å². The molecule has 0 fully saturated rings. The van der Waals surface area contributed by atoms with Crippen LogP contribution in [-0.2, 0) is 0 Å². The van der Waals surface area contributed by atoms with E-state index >= 15 is 0 Å². The molecule has 17 heavy (non-hydrogen) atoms. The number of aromatic nitrogens is 1. The Labute approximate surface area is 102 Å². The van der Waals surface area contributed by atoms with Crippen LogP contribution in [0.4, 0.5) is 17.3 Å². The van der Waals surface area contributed by atoms with Gasteiger partial charge in [-0.3, -0.25) is 0 Å². The van der Waals surface area contributed by atoms with Crippen molar-refractivity contribution in [2.45, 2.75) is 13.8 Å². The highest BCUT2D eigenvalue weighted by molar-refractivity contribution is 5.58. The van der Waals surface area contributed by atoms with Crippen LogP contribution in [0.3, 0.4) is 0 Å². The van der Waals surface area contributed by atoms with Crippen molar-refractivity contribution < 1.29 is 0 Å². The third-order valence-corrected chi connectivity index (χ3v) is 2.43. The monoisotopic (exact) mass is 227 g/mol. The van der Waals surface area contributed by atoms with Crippen LogP contribution in [-0.4, -0.2) is 11.5 Å². The summed E-state index contributed by atoms with van der Waals surface area (Å²) in [5.41, 5.74) is 2.31. The number of anilines is 3. The van der Waals surface area contributed by atoms with E-state index in [9.17, 15) is 0 Å². The summed E-state index contributed by atoms with van der Waals surface area (Å²) in [4.78, 5) is 4.46. The van der Waals surface area contributed by atoms with E-state index in [2.05, 4.69) is 53.7 Å². The highest BCUT2D eigenvalue weighted by Crippen LogP contribution is 2.16. The SMILES string of the molecule is CCNc1cccc(Nc2ccc(C)cc2)n1. The van der Waals surface area contributed by atoms with Crippen molar-refractivity contribution in [2.24, 2.45) is 0 Å². The molecule has 1 aromatic carbocycles. The predicted molar refractivity (Wildman–Crippen MR) is 72.9 cm³/mol. The van der Waals surface area contributed by atoms with Gasteiger partial charge in [-0.05, 0) is 38.1 Å². The first-order chi connectivity index (χ1) is 8.28. The van der Waals surface area contributed by atoms with Crippen LogP contribution in [0.2, 0.25) is 0 Å². The van der Waals surface area contributed by atoms with Crippen molar-refractivity contribution in [3.63, 3.8) is 0 Å². The zero-order chi connectivity index (χ0) is 12.1. The molecule has 0 bridgehead atoms. The largest absolute Gasteiger partial charge is 0.370 e. The Bertz CT molecular complexity index is 477. The molecule has 0 aliphatic rings. The topological polar surface area (TPSA) is 37.0 Å². The first-order valence-corrected chi connectivity index (χ1v) is 5.82. The Morgan fingerprint density at radius 3 is 2.41 bits per heavy atom. The molecule has 3 heteroatoms. The van der Waals surface area contributed by atoms with E-state index < -0.39 is 0 Å². The molecule has 1 aromatic heterocycles. The average molecular weight is 227 g/mol. The maximum atomic E-state index is 4.46. The van der Waals surface area contributed by atoms with Crippen LogP contribution >= 0.6 is 0 Å². The number of hydrogen-bond donors (Lipinski definition) is 2. The second-order valence-corrected chi connectivity index (χ2v) is 3.93. The molecule has 2 N–H and O–H groups in total. The Morgan fingerprint density at radius 2 is 1.71 bits per heavy atom. The van der Waals surface area contributed by atoms with Gasteiger partial charge in [-0.25, -0.2) is 4.98 Å². The molecule has 0 saturated heterocycles. The normalized spacial score (nSPS) is 10.0. The molecule has 2 rings (SSSR count). The molecule has 0 unspecified atom stereocenters. The fourth-order valence-electron chi connectivity index (χ4n) is 1.57. The summed E-state index contributed by atoms with van der Waals surface area (Å²) in [5.74, 6) is 1.75. The molecule has 88 valence electrons.